The van der Waals surface area contributed by atoms with Crippen molar-refractivity contribution in [1.82, 2.24) is 19.9 Å². The van der Waals surface area contributed by atoms with Crippen LogP contribution in [-0.2, 0) is 36.4 Å². The highest BCUT2D eigenvalue weighted by Crippen LogP contribution is 2.40. The van der Waals surface area contributed by atoms with E-state index in [1.807, 2.05) is 48.5 Å². The Balaban J connectivity index is 1.00. The Hall–Kier alpha value is -10.1. The quantitative estimate of drug-likeness (QED) is 0.00659. The standard InChI is InChI=1S/C89H106F4N8O11S2/c1-5-9-11-13-15-17-19-21-23-29-53-100(87-98-74-37-35-51-94-84(74)113-87)96-63-69-62-78(112-89(92,93)73-48-49-76(83(91)82(73)90)110-81(104)50-40-65-39-41-68-60-72(47-44-67(68)59-65)107-56-32-26-28-34-58-109-80(103)8-4)70(61-77(69)111-86(105)66-42-45-71(46-43-66)106-55-31-25-27-33-57-108-79(102)7-3)64-97-101(88-99-75-38-36-52-95-85(75)114-88)54-30-24-22-20-18-16-14-12-10-6-2/h7-8,35-39,41-49,51-52,59-64H,3-6,9-34,40,50,53-58H2,1-2H3/b96-63+,97-64+. The van der Waals surface area contributed by atoms with Crippen LogP contribution < -0.4 is 33.7 Å². The van der Waals surface area contributed by atoms with Crippen molar-refractivity contribution in [2.24, 2.45) is 10.2 Å². The Morgan fingerprint density at radius 3 is 1.48 bits per heavy atom. The van der Waals surface area contributed by atoms with Gasteiger partial charge in [-0.1, -0.05) is 190 Å². The summed E-state index contributed by atoms with van der Waals surface area (Å²) < 4.78 is 107. The molecular weight excluding hydrogens is 1500 g/mol. The molecule has 0 aliphatic rings. The van der Waals surface area contributed by atoms with Gasteiger partial charge in [-0.05, 0) is 172 Å². The molecule has 0 unspecified atom stereocenters. The predicted molar refractivity (Wildman–Crippen MR) is 445 cm³/mol. The van der Waals surface area contributed by atoms with Gasteiger partial charge in [-0.3, -0.25) is 4.79 Å². The molecule has 0 spiro atoms. The molecule has 5 aromatic carbocycles. The first-order valence-corrected chi connectivity index (χ1v) is 41.9. The number of aromatic nitrogens is 4. The fourth-order valence-electron chi connectivity index (χ4n) is 12.6. The van der Waals surface area contributed by atoms with Crippen molar-refractivity contribution in [3.05, 3.63) is 186 Å². The van der Waals surface area contributed by atoms with Gasteiger partial charge in [0.2, 0.25) is 16.1 Å². The highest BCUT2D eigenvalue weighted by molar-refractivity contribution is 7.22. The van der Waals surface area contributed by atoms with Crippen LogP contribution >= 0.6 is 22.7 Å². The normalized spacial score (nSPS) is 11.6. The van der Waals surface area contributed by atoms with Gasteiger partial charge in [0.15, 0.2) is 11.6 Å². The maximum atomic E-state index is 17.5. The Bertz CT molecular complexity index is 4530. The number of unbranched alkanes of at least 4 members (excludes halogenated alkanes) is 24. The molecule has 0 saturated carbocycles. The van der Waals surface area contributed by atoms with Gasteiger partial charge in [-0.15, -0.1) is 0 Å². The molecular formula is C89H106F4N8O11S2. The first-order valence-electron chi connectivity index (χ1n) is 40.3. The minimum Gasteiger partial charge on any atom is -0.494 e. The number of alkyl halides is 2. The fraction of sp³-hybridized carbons (Fsp3) is 0.438. The van der Waals surface area contributed by atoms with Crippen LogP contribution in [-0.4, -0.2) is 95.8 Å². The number of aryl methyl sites for hydroxylation is 1. The lowest BCUT2D eigenvalue weighted by atomic mass is 10.0. The molecule has 0 fully saturated rings. The van der Waals surface area contributed by atoms with Crippen LogP contribution in [0, 0.1) is 11.6 Å². The van der Waals surface area contributed by atoms with Crippen molar-refractivity contribution >= 4 is 101 Å². The number of anilines is 2. The second-order valence-electron chi connectivity index (χ2n) is 28.0. The number of pyridine rings is 2. The molecule has 9 aromatic rings. The van der Waals surface area contributed by atoms with E-state index in [0.717, 1.165) is 131 Å². The van der Waals surface area contributed by atoms with Crippen molar-refractivity contribution in [1.29, 1.82) is 0 Å². The average Bonchev–Trinajstić information content (AvgIpc) is 1.14. The summed E-state index contributed by atoms with van der Waals surface area (Å²) in [5, 5.41) is 15.9. The number of fused-ring (bicyclic) bond motifs is 3. The zero-order valence-corrected chi connectivity index (χ0v) is 67.3. The van der Waals surface area contributed by atoms with Gasteiger partial charge in [0.25, 0.3) is 0 Å². The number of hydrogen-bond donors (Lipinski definition) is 0. The molecule has 9 rings (SSSR count). The number of carbonyl (C=O) groups is 4. The Morgan fingerprint density at radius 2 is 0.956 bits per heavy atom. The summed E-state index contributed by atoms with van der Waals surface area (Å²) in [7, 11) is 0. The number of hydrogen-bond acceptors (Lipinski definition) is 21. The number of esters is 4. The van der Waals surface area contributed by atoms with E-state index >= 15 is 17.6 Å². The monoisotopic (exact) mass is 1600 g/mol. The highest BCUT2D eigenvalue weighted by atomic mass is 32.1. The summed E-state index contributed by atoms with van der Waals surface area (Å²) in [6, 6.07) is 28.6. The zero-order valence-electron chi connectivity index (χ0n) is 65.6. The SMILES string of the molecule is C=CC(=O)OCCCCCCOc1ccc(C(=O)Oc2cc(/C=N/N(CCCCCCCCCCCC)c3nc4cccnc4s3)c(OC(F)(F)c3ccc(OC(=O)CCc4ccc5cc(OCCCCCCOC(=O)C=C)ccc5c4)c(F)c3F)cc2/C=N/N(CCCCCCCCCCCC)c2nc3cccnc3s2)cc1. The van der Waals surface area contributed by atoms with E-state index in [1.54, 1.807) is 46.7 Å². The molecule has 0 atom stereocenters. The lowest BCUT2D eigenvalue weighted by Crippen LogP contribution is -2.25. The number of rotatable bonds is 55. The summed E-state index contributed by atoms with van der Waals surface area (Å²) in [6.45, 7) is 13.5. The second kappa shape index (κ2) is 48.2. The van der Waals surface area contributed by atoms with Gasteiger partial charge in [-0.2, -0.15) is 23.4 Å². The summed E-state index contributed by atoms with van der Waals surface area (Å²) in [5.41, 5.74) is 0.364. The molecule has 114 heavy (non-hydrogen) atoms. The van der Waals surface area contributed by atoms with Crippen LogP contribution in [0.25, 0.3) is 31.5 Å². The number of hydrazone groups is 2. The average molecular weight is 1600 g/mol. The molecule has 0 bridgehead atoms. The smallest absolute Gasteiger partial charge is 0.429 e. The van der Waals surface area contributed by atoms with E-state index in [0.29, 0.717) is 107 Å². The van der Waals surface area contributed by atoms with E-state index in [4.69, 9.17) is 53.3 Å². The van der Waals surface area contributed by atoms with E-state index in [-0.39, 0.29) is 35.3 Å². The molecule has 608 valence electrons. The molecule has 0 radical (unpaired) electrons. The fourth-order valence-corrected chi connectivity index (χ4v) is 14.4. The Kier molecular flexibility index (Phi) is 37.1. The summed E-state index contributed by atoms with van der Waals surface area (Å²) in [4.78, 5) is 70.8. The van der Waals surface area contributed by atoms with Crippen molar-refractivity contribution < 1.29 is 69.9 Å². The highest BCUT2D eigenvalue weighted by Gasteiger charge is 2.41. The number of nitrogens with zero attached hydrogens (tertiary/aromatic N) is 8. The Labute approximate surface area is 674 Å². The number of halogens is 4. The molecule has 0 saturated heterocycles. The van der Waals surface area contributed by atoms with E-state index in [9.17, 15) is 19.2 Å². The summed E-state index contributed by atoms with van der Waals surface area (Å²) >= 11 is 2.60. The summed E-state index contributed by atoms with van der Waals surface area (Å²) in [6.07, 6.45) is 31.4. The molecule has 4 aromatic heterocycles. The van der Waals surface area contributed by atoms with Crippen LogP contribution in [0.4, 0.5) is 27.8 Å². The van der Waals surface area contributed by atoms with Gasteiger partial charge in [0.1, 0.15) is 49.3 Å². The molecule has 25 heteroatoms. The van der Waals surface area contributed by atoms with Gasteiger partial charge >= 0.3 is 30.0 Å². The third-order valence-electron chi connectivity index (χ3n) is 19.1. The number of ether oxygens (including phenoxy) is 7. The second-order valence-corrected chi connectivity index (χ2v) is 29.9. The first kappa shape index (κ1) is 87.8. The lowest BCUT2D eigenvalue weighted by molar-refractivity contribution is -0.187. The summed E-state index contributed by atoms with van der Waals surface area (Å²) in [5.74, 6) is -7.08. The van der Waals surface area contributed by atoms with Gasteiger partial charge < -0.3 is 33.2 Å². The minimum absolute atomic E-state index is 0.0454. The third-order valence-corrected chi connectivity index (χ3v) is 21.0. The Morgan fingerprint density at radius 1 is 0.491 bits per heavy atom. The van der Waals surface area contributed by atoms with E-state index in [2.05, 4.69) is 37.0 Å². The number of benzene rings is 5. The molecule has 0 N–H and O–H groups in total. The van der Waals surface area contributed by atoms with Crippen LogP contribution in [0.3, 0.4) is 0 Å². The minimum atomic E-state index is -4.66. The van der Waals surface area contributed by atoms with E-state index < -0.39 is 58.7 Å². The first-order chi connectivity index (χ1) is 55.6. The van der Waals surface area contributed by atoms with Crippen molar-refractivity contribution in [2.75, 3.05) is 49.5 Å². The maximum Gasteiger partial charge on any atom is 0.429 e. The molecule has 0 aliphatic heterocycles. The van der Waals surface area contributed by atoms with Crippen LogP contribution in [0.15, 0.2) is 157 Å². The molecule has 4 heterocycles. The van der Waals surface area contributed by atoms with E-state index in [1.165, 1.54) is 124 Å². The van der Waals surface area contributed by atoms with Crippen LogP contribution in [0.5, 0.6) is 28.7 Å². The third kappa shape index (κ3) is 29.1. The van der Waals surface area contributed by atoms with Crippen molar-refractivity contribution in [3.8, 4) is 28.7 Å². The zero-order chi connectivity index (χ0) is 80.5. The maximum absolute atomic E-state index is 17.5. The van der Waals surface area contributed by atoms with Crippen LogP contribution in [0.1, 0.15) is 233 Å². The van der Waals surface area contributed by atoms with Crippen molar-refractivity contribution in [2.45, 2.75) is 213 Å². The van der Waals surface area contributed by atoms with Crippen LogP contribution in [0.2, 0.25) is 0 Å². The molecule has 0 amide bonds. The molecule has 0 aliphatic carbocycles. The van der Waals surface area contributed by atoms with Gasteiger partial charge in [-0.25, -0.2) is 48.7 Å². The van der Waals surface area contributed by atoms with Gasteiger partial charge in [0.05, 0.1) is 44.4 Å². The predicted octanol–water partition coefficient (Wildman–Crippen LogP) is 22.9. The topological polar surface area (TPSA) is 216 Å². The number of carbonyl (C=O) groups excluding carboxylic acids is 4. The van der Waals surface area contributed by atoms with Crippen molar-refractivity contribution in [3.63, 3.8) is 0 Å². The largest absolute Gasteiger partial charge is 0.494 e. The molecule has 19 nitrogen and oxygen atoms in total. The number of thiazole rings is 2. The van der Waals surface area contributed by atoms with Gasteiger partial charge in [0, 0.05) is 55.2 Å². The lowest BCUT2D eigenvalue weighted by Gasteiger charge is -2.22.